The van der Waals surface area contributed by atoms with Gasteiger partial charge in [-0.15, -0.1) is 0 Å². The molecule has 0 saturated heterocycles. The van der Waals surface area contributed by atoms with Gasteiger partial charge >= 0.3 is 0 Å². The average molecular weight is 365 g/mol. The van der Waals surface area contributed by atoms with Crippen molar-refractivity contribution in [3.05, 3.63) is 57.6 Å². The number of nitro benzene ring substituents is 1. The zero-order valence-corrected chi connectivity index (χ0v) is 14.3. The molecule has 132 valence electrons. The lowest BCUT2D eigenvalue weighted by Gasteiger charge is -2.08. The number of nitro groups is 1. The molecule has 8 heteroatoms. The molecule has 25 heavy (non-hydrogen) atoms. The second-order valence-corrected chi connectivity index (χ2v) is 5.50. The first kappa shape index (κ1) is 18.5. The van der Waals surface area contributed by atoms with Gasteiger partial charge in [-0.05, 0) is 36.8 Å². The summed E-state index contributed by atoms with van der Waals surface area (Å²) >= 11 is 5.93. The van der Waals surface area contributed by atoms with Crippen LogP contribution in [0.2, 0.25) is 5.02 Å². The van der Waals surface area contributed by atoms with E-state index in [1.807, 2.05) is 0 Å². The van der Waals surface area contributed by atoms with Gasteiger partial charge in [-0.2, -0.15) is 0 Å². The summed E-state index contributed by atoms with van der Waals surface area (Å²) in [5.41, 5.74) is 0.212. The highest BCUT2D eigenvalue weighted by Gasteiger charge is 2.11. The monoisotopic (exact) mass is 364 g/mol. The molecule has 0 aliphatic heterocycles. The smallest absolute Gasteiger partial charge is 0.271 e. The van der Waals surface area contributed by atoms with E-state index in [0.717, 1.165) is 5.75 Å². The van der Waals surface area contributed by atoms with Gasteiger partial charge in [-0.3, -0.25) is 14.9 Å². The third kappa shape index (κ3) is 5.65. The molecule has 0 bridgehead atoms. The van der Waals surface area contributed by atoms with Crippen molar-refractivity contribution in [2.24, 2.45) is 0 Å². The van der Waals surface area contributed by atoms with Crippen LogP contribution < -0.4 is 14.8 Å². The molecule has 1 amide bonds. The molecule has 0 spiro atoms. The largest absolute Gasteiger partial charge is 0.497 e. The summed E-state index contributed by atoms with van der Waals surface area (Å²) in [5.74, 6) is 1.19. The summed E-state index contributed by atoms with van der Waals surface area (Å²) < 4.78 is 10.6. The molecule has 0 radical (unpaired) electrons. The molecule has 0 atom stereocenters. The first-order chi connectivity index (χ1) is 12.0. The van der Waals surface area contributed by atoms with Crippen molar-refractivity contribution in [3.63, 3.8) is 0 Å². The van der Waals surface area contributed by atoms with Gasteiger partial charge in [0.15, 0.2) is 0 Å². The Labute approximate surface area is 149 Å². The van der Waals surface area contributed by atoms with Crippen LogP contribution in [0.5, 0.6) is 11.5 Å². The van der Waals surface area contributed by atoms with E-state index in [0.29, 0.717) is 24.5 Å². The number of anilines is 1. The van der Waals surface area contributed by atoms with E-state index in [-0.39, 0.29) is 23.0 Å². The van der Waals surface area contributed by atoms with Crippen LogP contribution in [-0.2, 0) is 4.79 Å². The molecule has 0 aromatic heterocycles. The molecule has 0 heterocycles. The lowest BCUT2D eigenvalue weighted by Crippen LogP contribution is -2.13. The molecule has 0 aliphatic carbocycles. The molecule has 2 aromatic rings. The molecule has 7 nitrogen and oxygen atoms in total. The Bertz CT molecular complexity index is 749. The SMILES string of the molecule is COc1ccc(OCCCC(=O)Nc2ccc([N+](=O)[O-])cc2Cl)cc1. The van der Waals surface area contributed by atoms with E-state index in [1.165, 1.54) is 18.2 Å². The van der Waals surface area contributed by atoms with Crippen LogP contribution in [-0.4, -0.2) is 24.5 Å². The third-order valence-corrected chi connectivity index (χ3v) is 3.63. The maximum atomic E-state index is 11.9. The standard InChI is InChI=1S/C17H17ClN2O5/c1-24-13-5-7-14(8-6-13)25-10-2-3-17(21)19-16-9-4-12(20(22)23)11-15(16)18/h4-9,11H,2-3,10H2,1H3,(H,19,21). The van der Waals surface area contributed by atoms with Crippen molar-refractivity contribution in [1.29, 1.82) is 0 Å². The Morgan fingerprint density at radius 2 is 1.88 bits per heavy atom. The van der Waals surface area contributed by atoms with Crippen molar-refractivity contribution in [3.8, 4) is 11.5 Å². The van der Waals surface area contributed by atoms with Crippen LogP contribution in [0.25, 0.3) is 0 Å². The first-order valence-corrected chi connectivity index (χ1v) is 7.88. The number of benzene rings is 2. The van der Waals surface area contributed by atoms with Gasteiger partial charge in [0.25, 0.3) is 5.69 Å². The van der Waals surface area contributed by atoms with Gasteiger partial charge in [0.2, 0.25) is 5.91 Å². The third-order valence-electron chi connectivity index (χ3n) is 3.31. The van der Waals surface area contributed by atoms with Crippen LogP contribution >= 0.6 is 11.6 Å². The van der Waals surface area contributed by atoms with Crippen LogP contribution in [0, 0.1) is 10.1 Å². The zero-order valence-electron chi connectivity index (χ0n) is 13.5. The van der Waals surface area contributed by atoms with Gasteiger partial charge in [-0.25, -0.2) is 0 Å². The van der Waals surface area contributed by atoms with E-state index in [1.54, 1.807) is 31.4 Å². The van der Waals surface area contributed by atoms with Gasteiger partial charge in [0, 0.05) is 18.6 Å². The second-order valence-electron chi connectivity index (χ2n) is 5.10. The maximum absolute atomic E-state index is 11.9. The van der Waals surface area contributed by atoms with E-state index in [2.05, 4.69) is 5.32 Å². The van der Waals surface area contributed by atoms with Crippen LogP contribution in [0.1, 0.15) is 12.8 Å². The number of nitrogens with zero attached hydrogens (tertiary/aromatic N) is 1. The van der Waals surface area contributed by atoms with Gasteiger partial charge in [0.05, 0.1) is 29.4 Å². The van der Waals surface area contributed by atoms with E-state index in [4.69, 9.17) is 21.1 Å². The maximum Gasteiger partial charge on any atom is 0.271 e. The number of carbonyl (C=O) groups excluding carboxylic acids is 1. The fourth-order valence-corrected chi connectivity index (χ4v) is 2.25. The average Bonchev–Trinajstić information content (AvgIpc) is 2.61. The molecule has 0 fully saturated rings. The molecule has 1 N–H and O–H groups in total. The predicted octanol–water partition coefficient (Wildman–Crippen LogP) is 4.05. The molecule has 0 aliphatic rings. The number of nitrogens with one attached hydrogen (secondary N) is 1. The molecular formula is C17H17ClN2O5. The Kier molecular flexibility index (Phi) is 6.59. The van der Waals surface area contributed by atoms with Crippen molar-refractivity contribution in [1.82, 2.24) is 0 Å². The summed E-state index contributed by atoms with van der Waals surface area (Å²) in [4.78, 5) is 22.0. The van der Waals surface area contributed by atoms with Crippen LogP contribution in [0.3, 0.4) is 0 Å². The highest BCUT2D eigenvalue weighted by Crippen LogP contribution is 2.26. The molecule has 2 rings (SSSR count). The normalized spacial score (nSPS) is 10.2. The second kappa shape index (κ2) is 8.89. The minimum atomic E-state index is -0.548. The summed E-state index contributed by atoms with van der Waals surface area (Å²) in [7, 11) is 1.59. The zero-order chi connectivity index (χ0) is 18.2. The molecule has 0 unspecified atom stereocenters. The topological polar surface area (TPSA) is 90.7 Å². The Hall–Kier alpha value is -2.80. The van der Waals surface area contributed by atoms with E-state index < -0.39 is 4.92 Å². The lowest BCUT2D eigenvalue weighted by atomic mass is 10.2. The summed E-state index contributed by atoms with van der Waals surface area (Å²) in [6, 6.07) is 11.0. The molecular weight excluding hydrogens is 348 g/mol. The highest BCUT2D eigenvalue weighted by molar-refractivity contribution is 6.33. The van der Waals surface area contributed by atoms with Crippen LogP contribution in [0.4, 0.5) is 11.4 Å². The number of ether oxygens (including phenoxy) is 2. The summed E-state index contributed by atoms with van der Waals surface area (Å²) in [5, 5.41) is 13.4. The fourth-order valence-electron chi connectivity index (χ4n) is 2.03. The van der Waals surface area contributed by atoms with E-state index in [9.17, 15) is 14.9 Å². The highest BCUT2D eigenvalue weighted by atomic mass is 35.5. The van der Waals surface area contributed by atoms with Gasteiger partial charge in [0.1, 0.15) is 11.5 Å². The fraction of sp³-hybridized carbons (Fsp3) is 0.235. The quantitative estimate of drug-likeness (QED) is 0.433. The van der Waals surface area contributed by atoms with Crippen LogP contribution in [0.15, 0.2) is 42.5 Å². The lowest BCUT2D eigenvalue weighted by molar-refractivity contribution is -0.384. The van der Waals surface area contributed by atoms with Crippen molar-refractivity contribution >= 4 is 28.9 Å². The van der Waals surface area contributed by atoms with Gasteiger partial charge in [-0.1, -0.05) is 11.6 Å². The van der Waals surface area contributed by atoms with Crippen molar-refractivity contribution < 1.29 is 19.2 Å². The number of rotatable bonds is 8. The summed E-state index contributed by atoms with van der Waals surface area (Å²) in [6.45, 7) is 0.383. The minimum Gasteiger partial charge on any atom is -0.497 e. The molecule has 0 saturated carbocycles. The van der Waals surface area contributed by atoms with E-state index >= 15 is 0 Å². The Balaban J connectivity index is 1.76. The number of non-ortho nitro benzene ring substituents is 1. The number of hydrogen-bond donors (Lipinski definition) is 1. The van der Waals surface area contributed by atoms with Crippen molar-refractivity contribution in [2.45, 2.75) is 12.8 Å². The number of amides is 1. The Morgan fingerprint density at radius 1 is 1.20 bits per heavy atom. The predicted molar refractivity (Wildman–Crippen MR) is 94.5 cm³/mol. The Morgan fingerprint density at radius 3 is 2.48 bits per heavy atom. The number of carbonyl (C=O) groups is 1. The molecule has 2 aromatic carbocycles. The summed E-state index contributed by atoms with van der Waals surface area (Å²) in [6.07, 6.45) is 0.756. The number of hydrogen-bond acceptors (Lipinski definition) is 5. The van der Waals surface area contributed by atoms with Gasteiger partial charge < -0.3 is 14.8 Å². The van der Waals surface area contributed by atoms with Crippen molar-refractivity contribution in [2.75, 3.05) is 19.0 Å². The minimum absolute atomic E-state index is 0.122. The first-order valence-electron chi connectivity index (χ1n) is 7.50. The number of halogens is 1. The number of methoxy groups -OCH3 is 1.